The summed E-state index contributed by atoms with van der Waals surface area (Å²) in [4.78, 5) is 32.5. The molecule has 8 heteroatoms. The van der Waals surface area contributed by atoms with Gasteiger partial charge in [-0.2, -0.15) is 5.10 Å². The van der Waals surface area contributed by atoms with Crippen molar-refractivity contribution in [2.75, 3.05) is 18.4 Å². The van der Waals surface area contributed by atoms with Gasteiger partial charge in [0.2, 0.25) is 5.91 Å². The third-order valence-corrected chi connectivity index (χ3v) is 7.68. The van der Waals surface area contributed by atoms with E-state index in [1.807, 2.05) is 69.0 Å². The van der Waals surface area contributed by atoms with Crippen LogP contribution in [0.2, 0.25) is 5.02 Å². The van der Waals surface area contributed by atoms with Gasteiger partial charge in [-0.3, -0.25) is 14.3 Å². The second-order valence-corrected chi connectivity index (χ2v) is 11.8. The summed E-state index contributed by atoms with van der Waals surface area (Å²) in [5.74, 6) is 7.36. The fourth-order valence-electron chi connectivity index (χ4n) is 5.54. The van der Waals surface area contributed by atoms with E-state index in [-0.39, 0.29) is 23.3 Å². The quantitative estimate of drug-likeness (QED) is 0.464. The second-order valence-electron chi connectivity index (χ2n) is 11.4. The summed E-state index contributed by atoms with van der Waals surface area (Å²) >= 11 is 6.45. The first kappa shape index (κ1) is 26.0. The van der Waals surface area contributed by atoms with Crippen molar-refractivity contribution in [3.8, 4) is 11.8 Å². The van der Waals surface area contributed by atoms with Gasteiger partial charge in [-0.1, -0.05) is 62.4 Å². The standard InChI is InChI=1S/C30H32ClN5O2/c1-19-12-21(11-10-20-8-6-5-7-9-20)15-32-27(19)34-28(37)26-25(31)16-33-36(26)24-13-22-17-35(18-23(22)14-24)29(38)30(2,3)4/h5-9,12,15-16,22-24H,13-14,17-18H2,1-4H3,(H,32,34,37)/t22-,23+,24+. The van der Waals surface area contributed by atoms with E-state index in [1.165, 1.54) is 6.20 Å². The molecule has 5 rings (SSSR count). The number of halogens is 1. The first-order chi connectivity index (χ1) is 18.1. The number of hydrogen-bond donors (Lipinski definition) is 1. The molecule has 3 heterocycles. The predicted octanol–water partition coefficient (Wildman–Crippen LogP) is 5.35. The molecular formula is C30H32ClN5O2. The first-order valence-corrected chi connectivity index (χ1v) is 13.4. The normalized spacial score (nSPS) is 20.6. The lowest BCUT2D eigenvalue weighted by Crippen LogP contribution is -2.38. The third kappa shape index (κ3) is 5.32. The van der Waals surface area contributed by atoms with E-state index in [9.17, 15) is 9.59 Å². The molecule has 1 N–H and O–H groups in total. The van der Waals surface area contributed by atoms with Crippen LogP contribution in [0.1, 0.15) is 66.8 Å². The lowest BCUT2D eigenvalue weighted by atomic mass is 9.95. The summed E-state index contributed by atoms with van der Waals surface area (Å²) in [5, 5.41) is 7.70. The predicted molar refractivity (Wildman–Crippen MR) is 148 cm³/mol. The molecule has 2 fully saturated rings. The van der Waals surface area contributed by atoms with Gasteiger partial charge in [0.15, 0.2) is 0 Å². The third-order valence-electron chi connectivity index (χ3n) is 7.40. The van der Waals surface area contributed by atoms with Crippen LogP contribution in [0.3, 0.4) is 0 Å². The van der Waals surface area contributed by atoms with Crippen molar-refractivity contribution < 1.29 is 9.59 Å². The van der Waals surface area contributed by atoms with Crippen LogP contribution in [-0.4, -0.2) is 44.6 Å². The fourth-order valence-corrected chi connectivity index (χ4v) is 5.76. The van der Waals surface area contributed by atoms with Gasteiger partial charge in [0.05, 0.1) is 17.3 Å². The largest absolute Gasteiger partial charge is 0.342 e. The van der Waals surface area contributed by atoms with Crippen LogP contribution in [0.4, 0.5) is 5.82 Å². The van der Waals surface area contributed by atoms with Crippen LogP contribution >= 0.6 is 11.6 Å². The van der Waals surface area contributed by atoms with E-state index in [0.29, 0.717) is 28.4 Å². The van der Waals surface area contributed by atoms with Crippen molar-refractivity contribution in [1.29, 1.82) is 0 Å². The SMILES string of the molecule is Cc1cc(C#Cc2ccccc2)cnc1NC(=O)c1c(Cl)cnn1[C@H]1C[C@@H]2CN(C(=O)C(C)(C)C)C[C@@H]2C1. The second kappa shape index (κ2) is 10.3. The molecule has 0 unspecified atom stereocenters. The number of fused-ring (bicyclic) bond motifs is 1. The fraction of sp³-hybridized carbons (Fsp3) is 0.400. The molecule has 1 saturated heterocycles. The Bertz CT molecular complexity index is 1420. The number of carbonyl (C=O) groups is 2. The summed E-state index contributed by atoms with van der Waals surface area (Å²) in [7, 11) is 0. The van der Waals surface area contributed by atoms with E-state index in [0.717, 1.165) is 42.6 Å². The Morgan fingerprint density at radius 3 is 2.32 bits per heavy atom. The molecule has 1 aliphatic carbocycles. The number of nitrogens with one attached hydrogen (secondary N) is 1. The molecule has 2 aromatic heterocycles. The van der Waals surface area contributed by atoms with Gasteiger partial charge in [0, 0.05) is 35.8 Å². The molecule has 3 aromatic rings. The number of amides is 2. The maximum Gasteiger partial charge on any atom is 0.276 e. The number of likely N-dealkylation sites (tertiary alicyclic amines) is 1. The number of aryl methyl sites for hydroxylation is 1. The van der Waals surface area contributed by atoms with Gasteiger partial charge in [-0.05, 0) is 55.4 Å². The van der Waals surface area contributed by atoms with E-state index in [1.54, 1.807) is 10.9 Å². The Kier molecular flexibility index (Phi) is 7.02. The monoisotopic (exact) mass is 529 g/mol. The molecule has 196 valence electrons. The highest BCUT2D eigenvalue weighted by Gasteiger charge is 2.45. The van der Waals surface area contributed by atoms with Crippen molar-refractivity contribution in [2.45, 2.75) is 46.6 Å². The summed E-state index contributed by atoms with van der Waals surface area (Å²) in [6, 6.07) is 11.7. The van der Waals surface area contributed by atoms with Gasteiger partial charge in [-0.25, -0.2) is 4.98 Å². The van der Waals surface area contributed by atoms with Gasteiger partial charge in [-0.15, -0.1) is 0 Å². The van der Waals surface area contributed by atoms with Gasteiger partial charge in [0.1, 0.15) is 11.5 Å². The van der Waals surface area contributed by atoms with Crippen molar-refractivity contribution in [3.63, 3.8) is 0 Å². The highest BCUT2D eigenvalue weighted by Crippen LogP contribution is 2.45. The lowest BCUT2D eigenvalue weighted by molar-refractivity contribution is -0.138. The zero-order valence-electron chi connectivity index (χ0n) is 22.2. The van der Waals surface area contributed by atoms with Crippen molar-refractivity contribution in [2.24, 2.45) is 17.3 Å². The summed E-state index contributed by atoms with van der Waals surface area (Å²) in [6.07, 6.45) is 4.91. The molecule has 0 bridgehead atoms. The molecule has 38 heavy (non-hydrogen) atoms. The topological polar surface area (TPSA) is 80.1 Å². The lowest BCUT2D eigenvalue weighted by Gasteiger charge is -2.27. The van der Waals surface area contributed by atoms with E-state index >= 15 is 0 Å². The van der Waals surface area contributed by atoms with Crippen molar-refractivity contribution >= 4 is 29.2 Å². The minimum atomic E-state index is -0.377. The van der Waals surface area contributed by atoms with Crippen LogP contribution in [0.15, 0.2) is 48.8 Å². The smallest absolute Gasteiger partial charge is 0.276 e. The number of hydrogen-bond acceptors (Lipinski definition) is 4. The molecule has 2 aliphatic rings. The molecule has 7 nitrogen and oxygen atoms in total. The minimum Gasteiger partial charge on any atom is -0.342 e. The average Bonchev–Trinajstić information content (AvgIpc) is 3.56. The van der Waals surface area contributed by atoms with Crippen LogP contribution in [0.25, 0.3) is 0 Å². The summed E-state index contributed by atoms with van der Waals surface area (Å²) < 4.78 is 1.76. The van der Waals surface area contributed by atoms with E-state index < -0.39 is 0 Å². The van der Waals surface area contributed by atoms with Gasteiger partial charge < -0.3 is 10.2 Å². The molecule has 3 atom stereocenters. The van der Waals surface area contributed by atoms with E-state index in [2.05, 4.69) is 27.2 Å². The number of rotatable bonds is 3. The molecule has 1 aliphatic heterocycles. The van der Waals surface area contributed by atoms with Crippen molar-refractivity contribution in [1.82, 2.24) is 19.7 Å². The number of benzene rings is 1. The van der Waals surface area contributed by atoms with E-state index in [4.69, 9.17) is 11.6 Å². The van der Waals surface area contributed by atoms with Crippen LogP contribution < -0.4 is 5.32 Å². The molecular weight excluding hydrogens is 498 g/mol. The van der Waals surface area contributed by atoms with Crippen molar-refractivity contribution in [3.05, 3.63) is 76.2 Å². The molecule has 0 spiro atoms. The Balaban J connectivity index is 1.27. The Morgan fingerprint density at radius 1 is 1.03 bits per heavy atom. The number of pyridine rings is 1. The Labute approximate surface area is 228 Å². The zero-order valence-corrected chi connectivity index (χ0v) is 22.9. The number of anilines is 1. The number of carbonyl (C=O) groups excluding carboxylic acids is 2. The Morgan fingerprint density at radius 2 is 1.68 bits per heavy atom. The van der Waals surface area contributed by atoms with Crippen LogP contribution in [-0.2, 0) is 4.79 Å². The van der Waals surface area contributed by atoms with Crippen LogP contribution in [0.5, 0.6) is 0 Å². The molecule has 1 aromatic carbocycles. The number of nitrogens with zero attached hydrogens (tertiary/aromatic N) is 4. The van der Waals surface area contributed by atoms with Gasteiger partial charge in [0.25, 0.3) is 5.91 Å². The highest BCUT2D eigenvalue weighted by atomic mass is 35.5. The first-order valence-electron chi connectivity index (χ1n) is 13.0. The van der Waals surface area contributed by atoms with Gasteiger partial charge >= 0.3 is 0 Å². The number of aromatic nitrogens is 3. The Hall–Kier alpha value is -3.63. The average molecular weight is 530 g/mol. The molecule has 2 amide bonds. The maximum atomic E-state index is 13.3. The summed E-state index contributed by atoms with van der Waals surface area (Å²) in [5.41, 5.74) is 2.46. The molecule has 1 saturated carbocycles. The molecule has 0 radical (unpaired) electrons. The highest BCUT2D eigenvalue weighted by molar-refractivity contribution is 6.34. The summed E-state index contributed by atoms with van der Waals surface area (Å²) in [6.45, 7) is 9.30. The van der Waals surface area contributed by atoms with Crippen LogP contribution in [0, 0.1) is 36.0 Å². The maximum absolute atomic E-state index is 13.3. The minimum absolute atomic E-state index is 0.0647. The zero-order chi connectivity index (χ0) is 27.0.